The van der Waals surface area contributed by atoms with Gasteiger partial charge in [-0.2, -0.15) is 0 Å². The zero-order valence-corrected chi connectivity index (χ0v) is 8.59. The second-order valence-electron chi connectivity index (χ2n) is 2.50. The number of hydrogen-bond donors (Lipinski definition) is 0. The molecule has 0 fully saturated rings. The van der Waals surface area contributed by atoms with E-state index in [0.717, 1.165) is 16.7 Å². The third-order valence-electron chi connectivity index (χ3n) is 1.54. The molecule has 1 rings (SSSR count). The number of rotatable bonds is 1. The van der Waals surface area contributed by atoms with Gasteiger partial charge in [-0.3, -0.25) is 0 Å². The summed E-state index contributed by atoms with van der Waals surface area (Å²) in [5.41, 5.74) is 3.12. The van der Waals surface area contributed by atoms with Crippen molar-refractivity contribution in [1.82, 2.24) is 0 Å². The highest BCUT2D eigenvalue weighted by molar-refractivity contribution is 5.61. The van der Waals surface area contributed by atoms with Crippen molar-refractivity contribution in [2.24, 2.45) is 0 Å². The third kappa shape index (κ3) is 4.52. The van der Waals surface area contributed by atoms with Crippen LogP contribution < -0.4 is 0 Å². The second-order valence-corrected chi connectivity index (χ2v) is 2.50. The number of hydrogen-bond acceptors (Lipinski definition) is 0. The standard InChI is InChI=1S/C11H10.C2H6.CH4/c1-4-10-5-7-11(8-6-10)9(2)3;1-2;/h1,5-8H,2H2,3H3;1-2H3;1H4. The Morgan fingerprint density at radius 2 is 1.64 bits per heavy atom. The summed E-state index contributed by atoms with van der Waals surface area (Å²) in [6, 6.07) is 7.81. The quantitative estimate of drug-likeness (QED) is 0.574. The van der Waals surface area contributed by atoms with E-state index in [1.54, 1.807) is 0 Å². The Bertz CT molecular complexity index is 296. The van der Waals surface area contributed by atoms with Crippen molar-refractivity contribution in [3.8, 4) is 12.3 Å². The second kappa shape index (κ2) is 8.13. The highest BCUT2D eigenvalue weighted by Crippen LogP contribution is 2.11. The molecule has 0 aromatic heterocycles. The Kier molecular flexibility index (Phi) is 8.72. The maximum Gasteiger partial charge on any atom is 0.0243 e. The van der Waals surface area contributed by atoms with E-state index in [-0.39, 0.29) is 7.43 Å². The average molecular weight is 188 g/mol. The molecule has 0 aliphatic heterocycles. The molecule has 1 aromatic carbocycles. The van der Waals surface area contributed by atoms with Crippen LogP contribution in [0.2, 0.25) is 0 Å². The van der Waals surface area contributed by atoms with Crippen LogP contribution >= 0.6 is 0 Å². The van der Waals surface area contributed by atoms with E-state index in [1.807, 2.05) is 45.0 Å². The average Bonchev–Trinajstić information content (AvgIpc) is 2.21. The summed E-state index contributed by atoms with van der Waals surface area (Å²) < 4.78 is 0. The molecule has 0 nitrogen and oxygen atoms in total. The van der Waals surface area contributed by atoms with E-state index >= 15 is 0 Å². The molecule has 14 heavy (non-hydrogen) atoms. The van der Waals surface area contributed by atoms with Crippen molar-refractivity contribution >= 4 is 5.57 Å². The summed E-state index contributed by atoms with van der Waals surface area (Å²) in [7, 11) is 0. The van der Waals surface area contributed by atoms with Gasteiger partial charge in [0.15, 0.2) is 0 Å². The molecule has 0 amide bonds. The van der Waals surface area contributed by atoms with Crippen molar-refractivity contribution in [3.63, 3.8) is 0 Å². The molecule has 0 heteroatoms. The predicted molar refractivity (Wildman–Crippen MR) is 67.2 cm³/mol. The molecular formula is C14H20. The van der Waals surface area contributed by atoms with Crippen molar-refractivity contribution in [2.75, 3.05) is 0 Å². The molecule has 0 N–H and O–H groups in total. The minimum absolute atomic E-state index is 0. The van der Waals surface area contributed by atoms with Crippen LogP contribution in [0.15, 0.2) is 30.8 Å². The largest absolute Gasteiger partial charge is 0.115 e. The lowest BCUT2D eigenvalue weighted by Gasteiger charge is -1.97. The van der Waals surface area contributed by atoms with E-state index < -0.39 is 0 Å². The molecule has 0 heterocycles. The minimum atomic E-state index is 0. The fourth-order valence-corrected chi connectivity index (χ4v) is 0.851. The van der Waals surface area contributed by atoms with Gasteiger partial charge in [0.25, 0.3) is 0 Å². The Labute approximate surface area is 88.7 Å². The molecule has 0 saturated carbocycles. The molecule has 0 atom stereocenters. The van der Waals surface area contributed by atoms with Gasteiger partial charge in [-0.1, -0.05) is 51.5 Å². The number of terminal acetylenes is 1. The molecule has 0 bridgehead atoms. The van der Waals surface area contributed by atoms with E-state index in [0.29, 0.717) is 0 Å². The lowest BCUT2D eigenvalue weighted by molar-refractivity contribution is 1.50. The topological polar surface area (TPSA) is 0 Å². The van der Waals surface area contributed by atoms with Gasteiger partial charge in [-0.25, -0.2) is 0 Å². The van der Waals surface area contributed by atoms with E-state index in [1.165, 1.54) is 0 Å². The van der Waals surface area contributed by atoms with Gasteiger partial charge in [-0.05, 0) is 24.6 Å². The predicted octanol–water partition coefficient (Wildman–Crippen LogP) is 4.36. The van der Waals surface area contributed by atoms with Crippen molar-refractivity contribution in [3.05, 3.63) is 42.0 Å². The first kappa shape index (κ1) is 15.0. The highest BCUT2D eigenvalue weighted by Gasteiger charge is 1.90. The fraction of sp³-hybridized carbons (Fsp3) is 0.286. The zero-order chi connectivity index (χ0) is 10.3. The third-order valence-corrected chi connectivity index (χ3v) is 1.54. The van der Waals surface area contributed by atoms with Crippen LogP contribution in [-0.4, -0.2) is 0 Å². The molecule has 0 saturated heterocycles. The lowest BCUT2D eigenvalue weighted by atomic mass is 10.1. The smallest absolute Gasteiger partial charge is 0.0243 e. The molecular weight excluding hydrogens is 168 g/mol. The summed E-state index contributed by atoms with van der Waals surface area (Å²) in [5.74, 6) is 2.56. The van der Waals surface area contributed by atoms with Crippen LogP contribution in [0.4, 0.5) is 0 Å². The summed E-state index contributed by atoms with van der Waals surface area (Å²) >= 11 is 0. The van der Waals surface area contributed by atoms with Gasteiger partial charge in [-0.15, -0.1) is 6.42 Å². The number of allylic oxidation sites excluding steroid dienone is 1. The van der Waals surface area contributed by atoms with Crippen molar-refractivity contribution in [2.45, 2.75) is 28.2 Å². The summed E-state index contributed by atoms with van der Waals surface area (Å²) in [6.07, 6.45) is 5.20. The van der Waals surface area contributed by atoms with E-state index in [9.17, 15) is 0 Å². The van der Waals surface area contributed by atoms with Crippen LogP contribution in [-0.2, 0) is 0 Å². The fourth-order valence-electron chi connectivity index (χ4n) is 0.851. The van der Waals surface area contributed by atoms with Crippen LogP contribution in [0.5, 0.6) is 0 Å². The summed E-state index contributed by atoms with van der Waals surface area (Å²) in [4.78, 5) is 0. The van der Waals surface area contributed by atoms with Gasteiger partial charge < -0.3 is 0 Å². The SMILES string of the molecule is C.C#Cc1ccc(C(=C)C)cc1.CC. The number of benzene rings is 1. The Morgan fingerprint density at radius 3 is 1.93 bits per heavy atom. The van der Waals surface area contributed by atoms with Gasteiger partial charge in [0.1, 0.15) is 0 Å². The van der Waals surface area contributed by atoms with Crippen LogP contribution in [0.3, 0.4) is 0 Å². The van der Waals surface area contributed by atoms with Crippen LogP contribution in [0.1, 0.15) is 39.3 Å². The molecule has 0 aliphatic rings. The molecule has 0 unspecified atom stereocenters. The van der Waals surface area contributed by atoms with Crippen molar-refractivity contribution < 1.29 is 0 Å². The first-order valence-electron chi connectivity index (χ1n) is 4.46. The summed E-state index contributed by atoms with van der Waals surface area (Å²) in [6.45, 7) is 9.81. The first-order valence-corrected chi connectivity index (χ1v) is 4.46. The molecule has 0 radical (unpaired) electrons. The van der Waals surface area contributed by atoms with Crippen LogP contribution in [0.25, 0.3) is 5.57 Å². The Hall–Kier alpha value is -1.48. The molecule has 1 aromatic rings. The van der Waals surface area contributed by atoms with Gasteiger partial charge in [0.05, 0.1) is 0 Å². The maximum atomic E-state index is 5.20. The first-order chi connectivity index (χ1) is 6.24. The summed E-state index contributed by atoms with van der Waals surface area (Å²) in [5, 5.41) is 0. The van der Waals surface area contributed by atoms with E-state index in [2.05, 4.69) is 12.5 Å². The zero-order valence-electron chi connectivity index (χ0n) is 8.59. The Morgan fingerprint density at radius 1 is 1.21 bits per heavy atom. The molecule has 76 valence electrons. The van der Waals surface area contributed by atoms with Crippen LogP contribution in [0, 0.1) is 12.3 Å². The van der Waals surface area contributed by atoms with Gasteiger partial charge >= 0.3 is 0 Å². The van der Waals surface area contributed by atoms with E-state index in [4.69, 9.17) is 6.42 Å². The minimum Gasteiger partial charge on any atom is -0.115 e. The monoisotopic (exact) mass is 188 g/mol. The van der Waals surface area contributed by atoms with Crippen molar-refractivity contribution in [1.29, 1.82) is 0 Å². The molecule has 0 aliphatic carbocycles. The Balaban J connectivity index is 0. The molecule has 0 spiro atoms. The highest BCUT2D eigenvalue weighted by atomic mass is 14.0. The van der Waals surface area contributed by atoms with Gasteiger partial charge in [0, 0.05) is 5.56 Å². The maximum absolute atomic E-state index is 5.20. The lowest BCUT2D eigenvalue weighted by Crippen LogP contribution is -1.78. The van der Waals surface area contributed by atoms with Gasteiger partial charge in [0.2, 0.25) is 0 Å². The normalized spacial score (nSPS) is 7.29.